The van der Waals surface area contributed by atoms with E-state index >= 15 is 0 Å². The molecule has 1 N–H and O–H groups in total. The van der Waals surface area contributed by atoms with E-state index < -0.39 is 7.79 Å². The molecule has 1 saturated heterocycles. The van der Waals surface area contributed by atoms with Crippen LogP contribution in [0.5, 0.6) is 0 Å². The summed E-state index contributed by atoms with van der Waals surface area (Å²) in [4.78, 5) is 10.0. The van der Waals surface area contributed by atoms with Crippen LogP contribution in [0.3, 0.4) is 0 Å². The molecule has 1 aliphatic rings. The third kappa shape index (κ3) is 1.62. The summed E-state index contributed by atoms with van der Waals surface area (Å²) in [7, 11) is 1.59. The third-order valence-corrected chi connectivity index (χ3v) is 5.93. The summed E-state index contributed by atoms with van der Waals surface area (Å²) in [5, 5.41) is 0. The summed E-state index contributed by atoms with van der Waals surface area (Å²) in [5.41, 5.74) is 0. The van der Waals surface area contributed by atoms with Crippen LogP contribution < -0.4 is 0 Å². The van der Waals surface area contributed by atoms with Gasteiger partial charge >= 0.3 is 74.1 Å². The van der Waals surface area contributed by atoms with E-state index in [2.05, 4.69) is 5.92 Å². The summed E-state index contributed by atoms with van der Waals surface area (Å²) in [5.74, 6) is 2.99. The Morgan fingerprint density at radius 1 is 1.42 bits per heavy atom. The molecule has 4 heteroatoms. The molecule has 0 aromatic carbocycles. The van der Waals surface area contributed by atoms with E-state index in [1.54, 1.807) is 0 Å². The van der Waals surface area contributed by atoms with Crippen LogP contribution >= 0.6 is 7.79 Å². The standard InChI is InChI=1S/C8H17N2OP/c1-5-8-6-9(2)12(4,11)10(3)7-8/h1,8,11-12H,6-7H2,2-4H3. The quantitative estimate of drug-likeness (QED) is 0.435. The SMILES string of the molecule is C#CC1CN(C)[PH](C)(O)N(C)C1. The van der Waals surface area contributed by atoms with Crippen molar-refractivity contribution in [1.29, 1.82) is 0 Å². The van der Waals surface area contributed by atoms with Crippen LogP contribution in [0.25, 0.3) is 0 Å². The van der Waals surface area contributed by atoms with Gasteiger partial charge in [0, 0.05) is 0 Å². The zero-order valence-electron chi connectivity index (χ0n) is 7.91. The van der Waals surface area contributed by atoms with Crippen molar-refractivity contribution in [3.63, 3.8) is 0 Å². The molecular weight excluding hydrogens is 171 g/mol. The first kappa shape index (κ1) is 9.95. The van der Waals surface area contributed by atoms with E-state index in [1.165, 1.54) is 0 Å². The van der Waals surface area contributed by atoms with Gasteiger partial charge in [0.15, 0.2) is 0 Å². The summed E-state index contributed by atoms with van der Waals surface area (Å²) < 4.78 is 4.00. The molecule has 0 aliphatic carbocycles. The Bertz CT molecular complexity index is 198. The normalized spacial score (nSPS) is 34.1. The van der Waals surface area contributed by atoms with Crippen molar-refractivity contribution in [2.24, 2.45) is 5.92 Å². The molecule has 0 aromatic rings. The third-order valence-electron chi connectivity index (χ3n) is 2.67. The van der Waals surface area contributed by atoms with Gasteiger partial charge in [-0.15, -0.1) is 0 Å². The van der Waals surface area contributed by atoms with Gasteiger partial charge in [-0.1, -0.05) is 0 Å². The molecule has 12 heavy (non-hydrogen) atoms. The molecule has 0 spiro atoms. The van der Waals surface area contributed by atoms with Crippen LogP contribution in [0.4, 0.5) is 0 Å². The number of rotatable bonds is 0. The molecule has 0 bridgehead atoms. The number of hydrogen-bond acceptors (Lipinski definition) is 3. The molecule has 70 valence electrons. The first-order valence-electron chi connectivity index (χ1n) is 4.09. The van der Waals surface area contributed by atoms with Gasteiger partial charge in [0.25, 0.3) is 0 Å². The zero-order chi connectivity index (χ0) is 9.35. The average molecular weight is 188 g/mol. The van der Waals surface area contributed by atoms with Crippen LogP contribution in [0.15, 0.2) is 0 Å². The number of hydrogen-bond donors (Lipinski definition) is 1. The molecule has 0 atom stereocenters. The summed E-state index contributed by atoms with van der Waals surface area (Å²) in [6.45, 7) is 3.56. The predicted octanol–water partition coefficient (Wildman–Crippen LogP) is 0.230. The second-order valence-electron chi connectivity index (χ2n) is 3.60. The van der Waals surface area contributed by atoms with E-state index in [-0.39, 0.29) is 5.92 Å². The first-order valence-corrected chi connectivity index (χ1v) is 6.43. The van der Waals surface area contributed by atoms with Crippen molar-refractivity contribution in [2.75, 3.05) is 33.8 Å². The Balaban J connectivity index is 2.72. The van der Waals surface area contributed by atoms with E-state index in [4.69, 9.17) is 6.42 Å². The number of terminal acetylenes is 1. The summed E-state index contributed by atoms with van der Waals surface area (Å²) in [6, 6.07) is 0. The van der Waals surface area contributed by atoms with Gasteiger partial charge in [-0.25, -0.2) is 0 Å². The van der Waals surface area contributed by atoms with E-state index in [0.717, 1.165) is 13.1 Å². The summed E-state index contributed by atoms with van der Waals surface area (Å²) in [6.07, 6.45) is 5.35. The predicted molar refractivity (Wildman–Crippen MR) is 54.0 cm³/mol. The van der Waals surface area contributed by atoms with Gasteiger partial charge in [0.1, 0.15) is 0 Å². The molecule has 0 saturated carbocycles. The maximum atomic E-state index is 10.0. The molecule has 0 radical (unpaired) electrons. The summed E-state index contributed by atoms with van der Waals surface area (Å²) >= 11 is 0. The van der Waals surface area contributed by atoms with Crippen LogP contribution in [-0.2, 0) is 0 Å². The van der Waals surface area contributed by atoms with Crippen LogP contribution in [0.1, 0.15) is 0 Å². The molecule has 1 fully saturated rings. The van der Waals surface area contributed by atoms with Crippen molar-refractivity contribution in [3.8, 4) is 12.3 Å². The van der Waals surface area contributed by atoms with Crippen molar-refractivity contribution in [3.05, 3.63) is 0 Å². The zero-order valence-corrected chi connectivity index (χ0v) is 8.91. The molecule has 1 aliphatic heterocycles. The fourth-order valence-corrected chi connectivity index (χ4v) is 3.18. The van der Waals surface area contributed by atoms with Crippen molar-refractivity contribution < 1.29 is 4.89 Å². The average Bonchev–Trinajstić information content (AvgIpc) is 2.00. The van der Waals surface area contributed by atoms with E-state index in [0.29, 0.717) is 0 Å². The van der Waals surface area contributed by atoms with Crippen LogP contribution in [-0.4, -0.2) is 48.1 Å². The molecule has 3 nitrogen and oxygen atoms in total. The molecular formula is C8H17N2OP. The Morgan fingerprint density at radius 3 is 2.17 bits per heavy atom. The van der Waals surface area contributed by atoms with E-state index in [1.807, 2.05) is 30.1 Å². The van der Waals surface area contributed by atoms with Crippen LogP contribution in [0.2, 0.25) is 0 Å². The Kier molecular flexibility index (Phi) is 2.75. The van der Waals surface area contributed by atoms with Gasteiger partial charge in [-0.05, 0) is 0 Å². The minimum absolute atomic E-state index is 0.257. The Labute approximate surface area is 74.9 Å². The van der Waals surface area contributed by atoms with Crippen molar-refractivity contribution in [1.82, 2.24) is 9.34 Å². The van der Waals surface area contributed by atoms with Gasteiger partial charge in [0.2, 0.25) is 0 Å². The van der Waals surface area contributed by atoms with Crippen molar-refractivity contribution in [2.45, 2.75) is 0 Å². The van der Waals surface area contributed by atoms with Crippen LogP contribution in [0, 0.1) is 18.3 Å². The number of nitrogens with zero attached hydrogens (tertiary/aromatic N) is 2. The first-order chi connectivity index (χ1) is 5.48. The monoisotopic (exact) mass is 188 g/mol. The second kappa shape index (κ2) is 3.32. The van der Waals surface area contributed by atoms with Gasteiger partial charge in [-0.2, -0.15) is 0 Å². The molecule has 0 amide bonds. The van der Waals surface area contributed by atoms with Gasteiger partial charge in [-0.3, -0.25) is 0 Å². The van der Waals surface area contributed by atoms with Crippen molar-refractivity contribution >= 4 is 7.79 Å². The van der Waals surface area contributed by atoms with Gasteiger partial charge < -0.3 is 0 Å². The fraction of sp³-hybridized carbons (Fsp3) is 0.750. The van der Waals surface area contributed by atoms with Gasteiger partial charge in [0.05, 0.1) is 0 Å². The molecule has 0 unspecified atom stereocenters. The molecule has 1 rings (SSSR count). The second-order valence-corrected chi connectivity index (χ2v) is 7.06. The molecule has 1 heterocycles. The minimum atomic E-state index is -2.28. The topological polar surface area (TPSA) is 26.7 Å². The molecule has 0 aromatic heterocycles. The van der Waals surface area contributed by atoms with E-state index in [9.17, 15) is 4.89 Å². The Hall–Kier alpha value is -0.130. The fourth-order valence-electron chi connectivity index (χ4n) is 1.46. The maximum absolute atomic E-state index is 10.0. The Morgan fingerprint density at radius 2 is 1.83 bits per heavy atom.